The number of rotatable bonds is 3. The molecule has 0 spiro atoms. The molecule has 21 heavy (non-hydrogen) atoms. The van der Waals surface area contributed by atoms with Crippen LogP contribution < -0.4 is 0 Å². The van der Waals surface area contributed by atoms with E-state index in [1.54, 1.807) is 0 Å². The van der Waals surface area contributed by atoms with Crippen LogP contribution in [0, 0.1) is 5.82 Å². The molecule has 6 heteroatoms. The molecule has 0 radical (unpaired) electrons. The maximum Gasteiger partial charge on any atom is 0.260 e. The molecule has 0 amide bonds. The minimum Gasteiger partial charge on any atom is -0.508 e. The average molecular weight is 349 g/mol. The predicted octanol–water partition coefficient (Wildman–Crippen LogP) is 3.93. The van der Waals surface area contributed by atoms with Crippen LogP contribution in [0.25, 0.3) is 11.5 Å². The Kier molecular flexibility index (Phi) is 3.70. The minimum atomic E-state index is -0.603. The van der Waals surface area contributed by atoms with Crippen molar-refractivity contribution < 1.29 is 14.0 Å². The summed E-state index contributed by atoms with van der Waals surface area (Å²) in [6.07, 6.45) is 0.497. The first-order chi connectivity index (χ1) is 10.1. The van der Waals surface area contributed by atoms with Crippen LogP contribution in [0.2, 0.25) is 0 Å². The number of aromatic nitrogens is 2. The number of phenolic OH excluding ortho intramolecular Hbond substituents is 1. The van der Waals surface area contributed by atoms with Gasteiger partial charge in [-0.1, -0.05) is 33.2 Å². The molecule has 0 aliphatic heterocycles. The van der Waals surface area contributed by atoms with Crippen molar-refractivity contribution in [3.8, 4) is 17.2 Å². The van der Waals surface area contributed by atoms with E-state index >= 15 is 0 Å². The van der Waals surface area contributed by atoms with Gasteiger partial charge >= 0.3 is 0 Å². The molecule has 3 aromatic rings. The molecule has 0 aliphatic rings. The highest BCUT2D eigenvalue weighted by atomic mass is 79.9. The minimum absolute atomic E-state index is 0.0969. The van der Waals surface area contributed by atoms with Crippen LogP contribution in [0.3, 0.4) is 0 Å². The Morgan fingerprint density at radius 1 is 1.14 bits per heavy atom. The summed E-state index contributed by atoms with van der Waals surface area (Å²) in [7, 11) is 0. The zero-order valence-electron chi connectivity index (χ0n) is 10.8. The number of halogens is 2. The summed E-state index contributed by atoms with van der Waals surface area (Å²) < 4.78 is 19.8. The Morgan fingerprint density at radius 2 is 1.90 bits per heavy atom. The van der Waals surface area contributed by atoms with E-state index in [4.69, 9.17) is 4.52 Å². The van der Waals surface area contributed by atoms with Crippen molar-refractivity contribution in [1.82, 2.24) is 10.1 Å². The van der Waals surface area contributed by atoms with E-state index in [9.17, 15) is 9.50 Å². The summed E-state index contributed by atoms with van der Waals surface area (Å²) >= 11 is 3.37. The van der Waals surface area contributed by atoms with E-state index in [2.05, 4.69) is 26.1 Å². The monoisotopic (exact) mass is 348 g/mol. The maximum absolute atomic E-state index is 13.7. The Labute approximate surface area is 128 Å². The van der Waals surface area contributed by atoms with Crippen LogP contribution in [0.1, 0.15) is 11.4 Å². The van der Waals surface area contributed by atoms with Crippen molar-refractivity contribution in [2.75, 3.05) is 0 Å². The van der Waals surface area contributed by atoms with Crippen LogP contribution >= 0.6 is 15.9 Å². The first-order valence-electron chi connectivity index (χ1n) is 6.18. The predicted molar refractivity (Wildman–Crippen MR) is 78.3 cm³/mol. The van der Waals surface area contributed by atoms with Gasteiger partial charge in [0.15, 0.2) is 5.82 Å². The molecule has 4 nitrogen and oxygen atoms in total. The lowest BCUT2D eigenvalue weighted by Crippen LogP contribution is -1.91. The Balaban J connectivity index is 1.84. The molecular formula is C15H10BrFN2O2. The molecule has 1 heterocycles. The SMILES string of the molecule is Oc1ccc(-c2nc(Cc3ccc(Br)cc3)no2)c(F)c1. The van der Waals surface area contributed by atoms with Crippen molar-refractivity contribution in [2.45, 2.75) is 6.42 Å². The molecule has 2 aromatic carbocycles. The second kappa shape index (κ2) is 5.65. The third-order valence-corrected chi connectivity index (χ3v) is 3.46. The molecule has 0 atom stereocenters. The van der Waals surface area contributed by atoms with Gasteiger partial charge in [-0.25, -0.2) is 4.39 Å². The van der Waals surface area contributed by atoms with E-state index in [1.807, 2.05) is 24.3 Å². The lowest BCUT2D eigenvalue weighted by Gasteiger charge is -1.98. The van der Waals surface area contributed by atoms with E-state index in [0.717, 1.165) is 16.1 Å². The van der Waals surface area contributed by atoms with Crippen LogP contribution in [-0.4, -0.2) is 15.2 Å². The molecule has 0 aliphatic carbocycles. The number of hydrogen-bond donors (Lipinski definition) is 1. The van der Waals surface area contributed by atoms with Gasteiger partial charge in [0, 0.05) is 17.0 Å². The van der Waals surface area contributed by atoms with Crippen LogP contribution in [0.4, 0.5) is 4.39 Å². The van der Waals surface area contributed by atoms with Gasteiger partial charge in [-0.15, -0.1) is 0 Å². The van der Waals surface area contributed by atoms with Gasteiger partial charge in [-0.3, -0.25) is 0 Å². The van der Waals surface area contributed by atoms with Gasteiger partial charge in [-0.2, -0.15) is 4.98 Å². The average Bonchev–Trinajstić information content (AvgIpc) is 2.90. The summed E-state index contributed by atoms with van der Waals surface area (Å²) in [5.74, 6) is -0.181. The lowest BCUT2D eigenvalue weighted by molar-refractivity contribution is 0.421. The van der Waals surface area contributed by atoms with Gasteiger partial charge in [0.2, 0.25) is 0 Å². The molecular weight excluding hydrogens is 339 g/mol. The van der Waals surface area contributed by atoms with Crippen molar-refractivity contribution in [2.24, 2.45) is 0 Å². The van der Waals surface area contributed by atoms with E-state index in [1.165, 1.54) is 12.1 Å². The molecule has 1 aromatic heterocycles. The molecule has 0 fully saturated rings. The fourth-order valence-corrected chi connectivity index (χ4v) is 2.16. The summed E-state index contributed by atoms with van der Waals surface area (Å²) in [6.45, 7) is 0. The third kappa shape index (κ3) is 3.11. The maximum atomic E-state index is 13.7. The highest BCUT2D eigenvalue weighted by Gasteiger charge is 2.14. The smallest absolute Gasteiger partial charge is 0.260 e. The lowest BCUT2D eigenvalue weighted by atomic mass is 10.1. The normalized spacial score (nSPS) is 10.8. The van der Waals surface area contributed by atoms with Gasteiger partial charge in [0.05, 0.1) is 5.56 Å². The molecule has 0 saturated heterocycles. The van der Waals surface area contributed by atoms with Gasteiger partial charge in [0.1, 0.15) is 11.6 Å². The van der Waals surface area contributed by atoms with Crippen molar-refractivity contribution in [3.63, 3.8) is 0 Å². The summed E-state index contributed by atoms with van der Waals surface area (Å²) in [4.78, 5) is 4.18. The zero-order chi connectivity index (χ0) is 14.8. The topological polar surface area (TPSA) is 59.2 Å². The first-order valence-corrected chi connectivity index (χ1v) is 6.97. The Bertz CT molecular complexity index is 772. The quantitative estimate of drug-likeness (QED) is 0.778. The van der Waals surface area contributed by atoms with Crippen molar-refractivity contribution >= 4 is 15.9 Å². The second-order valence-corrected chi connectivity index (χ2v) is 5.40. The highest BCUT2D eigenvalue weighted by Crippen LogP contribution is 2.24. The van der Waals surface area contributed by atoms with Crippen LogP contribution in [-0.2, 0) is 6.42 Å². The van der Waals surface area contributed by atoms with Crippen LogP contribution in [0.5, 0.6) is 5.75 Å². The molecule has 0 bridgehead atoms. The van der Waals surface area contributed by atoms with Crippen molar-refractivity contribution in [3.05, 3.63) is 64.1 Å². The Morgan fingerprint density at radius 3 is 2.62 bits per heavy atom. The summed E-state index contributed by atoms with van der Waals surface area (Å²) in [6, 6.07) is 11.5. The number of nitrogens with zero attached hydrogens (tertiary/aromatic N) is 2. The van der Waals surface area contributed by atoms with Gasteiger partial charge in [-0.05, 0) is 29.8 Å². The number of benzene rings is 2. The molecule has 106 valence electrons. The first kappa shape index (κ1) is 13.8. The standard InChI is InChI=1S/C15H10BrFN2O2/c16-10-3-1-9(2-4-10)7-14-18-15(21-19-14)12-6-5-11(20)8-13(12)17/h1-6,8,20H,7H2. The largest absolute Gasteiger partial charge is 0.508 e. The Hall–Kier alpha value is -2.21. The number of phenols is 1. The highest BCUT2D eigenvalue weighted by molar-refractivity contribution is 9.10. The van der Waals surface area contributed by atoms with E-state index in [0.29, 0.717) is 12.2 Å². The fourth-order valence-electron chi connectivity index (χ4n) is 1.90. The second-order valence-electron chi connectivity index (χ2n) is 4.48. The van der Waals surface area contributed by atoms with Crippen LogP contribution in [0.15, 0.2) is 51.5 Å². The molecule has 1 N–H and O–H groups in total. The number of hydrogen-bond acceptors (Lipinski definition) is 4. The van der Waals surface area contributed by atoms with E-state index in [-0.39, 0.29) is 17.2 Å². The third-order valence-electron chi connectivity index (χ3n) is 2.93. The van der Waals surface area contributed by atoms with Gasteiger partial charge in [0.25, 0.3) is 5.89 Å². The van der Waals surface area contributed by atoms with Crippen molar-refractivity contribution in [1.29, 1.82) is 0 Å². The fraction of sp³-hybridized carbons (Fsp3) is 0.0667. The zero-order valence-corrected chi connectivity index (χ0v) is 12.3. The summed E-state index contributed by atoms with van der Waals surface area (Å²) in [5.41, 5.74) is 1.19. The summed E-state index contributed by atoms with van der Waals surface area (Å²) in [5, 5.41) is 13.0. The molecule has 3 rings (SSSR count). The van der Waals surface area contributed by atoms with Gasteiger partial charge < -0.3 is 9.63 Å². The van der Waals surface area contributed by atoms with E-state index < -0.39 is 5.82 Å². The molecule has 0 saturated carbocycles. The number of aromatic hydroxyl groups is 1. The molecule has 0 unspecified atom stereocenters.